The zero-order chi connectivity index (χ0) is 22.2. The van der Waals surface area contributed by atoms with Crippen LogP contribution in [0.25, 0.3) is 43.8 Å². The number of nitro benzene ring substituents is 1. The van der Waals surface area contributed by atoms with Gasteiger partial charge in [-0.25, -0.2) is 0 Å². The van der Waals surface area contributed by atoms with Gasteiger partial charge in [-0.2, -0.15) is 0 Å². The van der Waals surface area contributed by atoms with Crippen molar-refractivity contribution < 1.29 is 14.5 Å². The Morgan fingerprint density at radius 2 is 1.44 bits per heavy atom. The van der Waals surface area contributed by atoms with Gasteiger partial charge < -0.3 is 4.98 Å². The van der Waals surface area contributed by atoms with Gasteiger partial charge in [-0.3, -0.25) is 19.7 Å². The molecule has 0 spiro atoms. The summed E-state index contributed by atoms with van der Waals surface area (Å²) in [5.74, 6) is -0.643. The number of Topliss-reactive ketones (excluding diaryl/α,β-unsaturated/α-hetero) is 1. The van der Waals surface area contributed by atoms with Crippen LogP contribution >= 0.6 is 0 Å². The van der Waals surface area contributed by atoms with Crippen LogP contribution in [0.3, 0.4) is 0 Å². The van der Waals surface area contributed by atoms with Crippen molar-refractivity contribution >= 4 is 39.3 Å². The van der Waals surface area contributed by atoms with E-state index in [9.17, 15) is 19.7 Å². The van der Waals surface area contributed by atoms with Crippen LogP contribution in [0.4, 0.5) is 5.69 Å². The normalized spacial score (nSPS) is 11.0. The molecule has 0 aliphatic rings. The first-order valence-electron chi connectivity index (χ1n) is 9.94. The summed E-state index contributed by atoms with van der Waals surface area (Å²) in [7, 11) is 0. The van der Waals surface area contributed by atoms with E-state index in [4.69, 9.17) is 0 Å². The minimum Gasteiger partial charge on any atom is -0.357 e. The second kappa shape index (κ2) is 7.59. The van der Waals surface area contributed by atoms with Crippen molar-refractivity contribution in [2.45, 2.75) is 0 Å². The van der Waals surface area contributed by atoms with Crippen molar-refractivity contribution in [2.75, 3.05) is 0 Å². The number of rotatable bonds is 5. The molecule has 0 saturated heterocycles. The summed E-state index contributed by atoms with van der Waals surface area (Å²) < 4.78 is 0. The maximum Gasteiger partial charge on any atom is 0.270 e. The van der Waals surface area contributed by atoms with Gasteiger partial charge in [0, 0.05) is 29.5 Å². The van der Waals surface area contributed by atoms with E-state index in [0.717, 1.165) is 32.8 Å². The molecular formula is C26H16N2O4. The van der Waals surface area contributed by atoms with Gasteiger partial charge in [-0.05, 0) is 50.9 Å². The Balaban J connectivity index is 1.72. The predicted octanol–water partition coefficient (Wildman–Crippen LogP) is 5.94. The number of aldehydes is 1. The van der Waals surface area contributed by atoms with Crippen LogP contribution in [0.2, 0.25) is 0 Å². The van der Waals surface area contributed by atoms with Crippen molar-refractivity contribution in [1.29, 1.82) is 0 Å². The number of fused-ring (bicyclic) bond motifs is 2. The highest BCUT2D eigenvalue weighted by molar-refractivity contribution is 6.34. The van der Waals surface area contributed by atoms with E-state index in [-0.39, 0.29) is 11.4 Å². The van der Waals surface area contributed by atoms with Gasteiger partial charge in [0.25, 0.3) is 5.69 Å². The van der Waals surface area contributed by atoms with E-state index in [2.05, 4.69) is 4.98 Å². The topological polar surface area (TPSA) is 93.1 Å². The van der Waals surface area contributed by atoms with Gasteiger partial charge in [0.1, 0.15) is 0 Å². The number of carbonyl (C=O) groups excluding carboxylic acids is 2. The summed E-state index contributed by atoms with van der Waals surface area (Å²) in [6.45, 7) is 0. The number of non-ortho nitro benzene ring substituents is 1. The van der Waals surface area contributed by atoms with Gasteiger partial charge in [0.15, 0.2) is 6.29 Å². The Morgan fingerprint density at radius 3 is 2.22 bits per heavy atom. The van der Waals surface area contributed by atoms with E-state index in [1.54, 1.807) is 24.4 Å². The highest BCUT2D eigenvalue weighted by Crippen LogP contribution is 2.38. The van der Waals surface area contributed by atoms with Gasteiger partial charge >= 0.3 is 0 Å². The standard InChI is InChI=1S/C26H16N2O4/c29-15-24(30)26-25(21-8-6-19-13-22(28(31)32)10-9-18(19)12-21)23(14-27-26)20-7-5-16-3-1-2-4-17(16)11-20/h1-15,27H. The van der Waals surface area contributed by atoms with E-state index < -0.39 is 10.7 Å². The quantitative estimate of drug-likeness (QED) is 0.125. The highest BCUT2D eigenvalue weighted by atomic mass is 16.6. The van der Waals surface area contributed by atoms with Gasteiger partial charge in [-0.1, -0.05) is 48.5 Å². The summed E-state index contributed by atoms with van der Waals surface area (Å²) in [4.78, 5) is 37.3. The van der Waals surface area contributed by atoms with Crippen molar-refractivity contribution in [1.82, 2.24) is 4.98 Å². The molecule has 6 heteroatoms. The summed E-state index contributed by atoms with van der Waals surface area (Å²) in [5, 5.41) is 14.8. The van der Waals surface area contributed by atoms with Crippen LogP contribution in [0.5, 0.6) is 0 Å². The molecule has 0 aliphatic heterocycles. The lowest BCUT2D eigenvalue weighted by Crippen LogP contribution is -2.02. The number of aromatic amines is 1. The fourth-order valence-electron chi connectivity index (χ4n) is 4.06. The SMILES string of the molecule is O=CC(=O)c1[nH]cc(-c2ccc3ccccc3c2)c1-c1ccc2cc([N+](=O)[O-])ccc2c1. The minimum absolute atomic E-state index is 0.0144. The third-order valence-electron chi connectivity index (χ3n) is 5.62. The number of nitrogens with one attached hydrogen (secondary N) is 1. The molecule has 5 aromatic rings. The molecule has 1 N–H and O–H groups in total. The monoisotopic (exact) mass is 420 g/mol. The van der Waals surface area contributed by atoms with E-state index in [0.29, 0.717) is 17.2 Å². The number of benzene rings is 4. The fourth-order valence-corrected chi connectivity index (χ4v) is 4.06. The first kappa shape index (κ1) is 19.4. The Hall–Kier alpha value is -4.58. The van der Waals surface area contributed by atoms with Gasteiger partial charge in [0.2, 0.25) is 5.78 Å². The van der Waals surface area contributed by atoms with E-state index in [1.807, 2.05) is 48.5 Å². The van der Waals surface area contributed by atoms with Crippen molar-refractivity contribution in [2.24, 2.45) is 0 Å². The van der Waals surface area contributed by atoms with Crippen molar-refractivity contribution in [3.05, 3.63) is 101 Å². The molecule has 32 heavy (non-hydrogen) atoms. The second-order valence-electron chi connectivity index (χ2n) is 7.50. The zero-order valence-electron chi connectivity index (χ0n) is 16.7. The smallest absolute Gasteiger partial charge is 0.270 e. The molecule has 0 fully saturated rings. The molecule has 4 aromatic carbocycles. The molecule has 0 bridgehead atoms. The van der Waals surface area contributed by atoms with Crippen LogP contribution in [0.1, 0.15) is 10.5 Å². The molecule has 1 heterocycles. The number of ketones is 1. The first-order chi connectivity index (χ1) is 15.5. The average molecular weight is 420 g/mol. The van der Waals surface area contributed by atoms with Crippen molar-refractivity contribution in [3.8, 4) is 22.3 Å². The maximum atomic E-state index is 12.4. The third kappa shape index (κ3) is 3.24. The number of carbonyl (C=O) groups is 2. The van der Waals surface area contributed by atoms with E-state index in [1.165, 1.54) is 12.1 Å². The number of nitro groups is 1. The lowest BCUT2D eigenvalue weighted by atomic mass is 9.93. The number of hydrogen-bond acceptors (Lipinski definition) is 4. The molecule has 5 rings (SSSR count). The molecule has 0 amide bonds. The largest absolute Gasteiger partial charge is 0.357 e. The fraction of sp³-hybridized carbons (Fsp3) is 0. The van der Waals surface area contributed by atoms with Crippen molar-refractivity contribution in [3.63, 3.8) is 0 Å². The Morgan fingerprint density at radius 1 is 0.812 bits per heavy atom. The molecule has 6 nitrogen and oxygen atoms in total. The number of H-pyrrole nitrogens is 1. The van der Waals surface area contributed by atoms with Crippen LogP contribution in [0.15, 0.2) is 85.1 Å². The van der Waals surface area contributed by atoms with E-state index >= 15 is 0 Å². The third-order valence-corrected chi connectivity index (χ3v) is 5.62. The maximum absolute atomic E-state index is 12.4. The molecule has 0 aliphatic carbocycles. The lowest BCUT2D eigenvalue weighted by Gasteiger charge is -2.09. The molecule has 0 atom stereocenters. The Kier molecular flexibility index (Phi) is 4.60. The Bertz CT molecular complexity index is 1550. The number of hydrogen-bond donors (Lipinski definition) is 1. The Labute approximate surface area is 182 Å². The zero-order valence-corrected chi connectivity index (χ0v) is 16.7. The predicted molar refractivity (Wildman–Crippen MR) is 124 cm³/mol. The molecule has 154 valence electrons. The van der Waals surface area contributed by atoms with Crippen LogP contribution in [0, 0.1) is 10.1 Å². The molecule has 0 unspecified atom stereocenters. The van der Waals surface area contributed by atoms with Crippen LogP contribution in [-0.2, 0) is 4.79 Å². The molecule has 1 aromatic heterocycles. The van der Waals surface area contributed by atoms with Gasteiger partial charge in [-0.15, -0.1) is 0 Å². The molecule has 0 radical (unpaired) electrons. The van der Waals surface area contributed by atoms with Gasteiger partial charge in [0.05, 0.1) is 10.6 Å². The van der Waals surface area contributed by atoms with Crippen LogP contribution in [-0.4, -0.2) is 22.0 Å². The summed E-state index contributed by atoms with van der Waals surface area (Å²) >= 11 is 0. The first-order valence-corrected chi connectivity index (χ1v) is 9.94. The molecule has 0 saturated carbocycles. The number of aromatic nitrogens is 1. The summed E-state index contributed by atoms with van der Waals surface area (Å²) in [6, 6.07) is 24.1. The second-order valence-corrected chi connectivity index (χ2v) is 7.50. The number of nitrogens with zero attached hydrogens (tertiary/aromatic N) is 1. The average Bonchev–Trinajstić information content (AvgIpc) is 3.27. The minimum atomic E-state index is -0.643. The highest BCUT2D eigenvalue weighted by Gasteiger charge is 2.20. The summed E-state index contributed by atoms with van der Waals surface area (Å²) in [5.41, 5.74) is 3.29. The summed E-state index contributed by atoms with van der Waals surface area (Å²) in [6.07, 6.45) is 2.03. The molecular weight excluding hydrogens is 404 g/mol. The lowest BCUT2D eigenvalue weighted by molar-refractivity contribution is -0.384. The van der Waals surface area contributed by atoms with Crippen LogP contribution < -0.4 is 0 Å².